The summed E-state index contributed by atoms with van der Waals surface area (Å²) in [6.07, 6.45) is 3.83. The standard InChI is InChI=1S/C19H16O4/c1-11-3-2-4-16-17(22-11)6-5-12-9-18(23-19(12)16)13-7-14(20)10-15(21)8-13/h3,5-10,20-21H,2,4H2,1H3. The van der Waals surface area contributed by atoms with Gasteiger partial charge in [0.1, 0.15) is 28.6 Å². The molecule has 0 atom stereocenters. The molecule has 1 aliphatic heterocycles. The van der Waals surface area contributed by atoms with Crippen LogP contribution >= 0.6 is 0 Å². The molecule has 23 heavy (non-hydrogen) atoms. The second-order valence-electron chi connectivity index (χ2n) is 5.76. The molecule has 0 saturated heterocycles. The van der Waals surface area contributed by atoms with E-state index in [1.54, 1.807) is 12.1 Å². The molecule has 4 nitrogen and oxygen atoms in total. The molecular formula is C19H16O4. The Bertz CT molecular complexity index is 914. The Labute approximate surface area is 133 Å². The van der Waals surface area contributed by atoms with Gasteiger partial charge in [-0.05, 0) is 56.2 Å². The van der Waals surface area contributed by atoms with Gasteiger partial charge in [0.2, 0.25) is 0 Å². The highest BCUT2D eigenvalue weighted by atomic mass is 16.5. The zero-order valence-corrected chi connectivity index (χ0v) is 12.7. The molecule has 0 aliphatic carbocycles. The third kappa shape index (κ3) is 2.42. The molecule has 1 aromatic heterocycles. The van der Waals surface area contributed by atoms with Gasteiger partial charge in [-0.2, -0.15) is 0 Å². The zero-order chi connectivity index (χ0) is 16.0. The largest absolute Gasteiger partial charge is 0.508 e. The minimum absolute atomic E-state index is 0.00226. The van der Waals surface area contributed by atoms with Gasteiger partial charge in [0.15, 0.2) is 0 Å². The van der Waals surface area contributed by atoms with Crippen LogP contribution in [0.4, 0.5) is 0 Å². The third-order valence-corrected chi connectivity index (χ3v) is 4.03. The number of aromatic hydroxyl groups is 2. The van der Waals surface area contributed by atoms with Crippen LogP contribution in [0.25, 0.3) is 22.3 Å². The molecule has 1 aliphatic rings. The first-order valence-corrected chi connectivity index (χ1v) is 7.53. The number of phenols is 2. The molecule has 2 N–H and O–H groups in total. The highest BCUT2D eigenvalue weighted by Crippen LogP contribution is 2.38. The lowest BCUT2D eigenvalue weighted by Gasteiger charge is -2.07. The fourth-order valence-corrected chi connectivity index (χ4v) is 2.99. The van der Waals surface area contributed by atoms with E-state index in [1.165, 1.54) is 6.07 Å². The summed E-state index contributed by atoms with van der Waals surface area (Å²) in [5.41, 5.74) is 2.48. The SMILES string of the molecule is CC1=CCCc2c(ccc3cc(-c4cc(O)cc(O)c4)oc23)O1. The minimum Gasteiger partial charge on any atom is -0.508 e. The predicted molar refractivity (Wildman–Crippen MR) is 87.7 cm³/mol. The number of fused-ring (bicyclic) bond motifs is 3. The normalized spacial score (nSPS) is 14.0. The van der Waals surface area contributed by atoms with Crippen molar-refractivity contribution in [3.8, 4) is 28.6 Å². The fourth-order valence-electron chi connectivity index (χ4n) is 2.99. The van der Waals surface area contributed by atoms with E-state index in [0.29, 0.717) is 11.3 Å². The number of rotatable bonds is 1. The van der Waals surface area contributed by atoms with Crippen molar-refractivity contribution in [2.75, 3.05) is 0 Å². The Kier molecular flexibility index (Phi) is 3.05. The number of hydrogen-bond acceptors (Lipinski definition) is 4. The summed E-state index contributed by atoms with van der Waals surface area (Å²) in [5, 5.41) is 20.3. The van der Waals surface area contributed by atoms with E-state index < -0.39 is 0 Å². The van der Waals surface area contributed by atoms with E-state index in [-0.39, 0.29) is 11.5 Å². The summed E-state index contributed by atoms with van der Waals surface area (Å²) in [4.78, 5) is 0. The van der Waals surface area contributed by atoms with Crippen molar-refractivity contribution in [3.63, 3.8) is 0 Å². The van der Waals surface area contributed by atoms with Crippen LogP contribution in [0.15, 0.2) is 52.7 Å². The van der Waals surface area contributed by atoms with Gasteiger partial charge in [-0.25, -0.2) is 0 Å². The van der Waals surface area contributed by atoms with Crippen LogP contribution in [0.2, 0.25) is 0 Å². The van der Waals surface area contributed by atoms with Crippen molar-refractivity contribution in [1.82, 2.24) is 0 Å². The first-order chi connectivity index (χ1) is 11.1. The average molecular weight is 308 g/mol. The lowest BCUT2D eigenvalue weighted by atomic mass is 10.1. The Morgan fingerprint density at radius 1 is 1.00 bits per heavy atom. The van der Waals surface area contributed by atoms with E-state index in [1.807, 2.05) is 25.1 Å². The smallest absolute Gasteiger partial charge is 0.141 e. The number of aryl methyl sites for hydroxylation is 1. The monoisotopic (exact) mass is 308 g/mol. The molecule has 0 spiro atoms. The third-order valence-electron chi connectivity index (χ3n) is 4.03. The lowest BCUT2D eigenvalue weighted by Crippen LogP contribution is -1.91. The molecular weight excluding hydrogens is 292 g/mol. The summed E-state index contributed by atoms with van der Waals surface area (Å²) in [6.45, 7) is 1.95. The van der Waals surface area contributed by atoms with Gasteiger partial charge in [-0.15, -0.1) is 0 Å². The Hall–Kier alpha value is -2.88. The van der Waals surface area contributed by atoms with Crippen molar-refractivity contribution >= 4 is 11.0 Å². The van der Waals surface area contributed by atoms with E-state index in [2.05, 4.69) is 6.08 Å². The van der Waals surface area contributed by atoms with Crippen LogP contribution in [0.1, 0.15) is 18.9 Å². The lowest BCUT2D eigenvalue weighted by molar-refractivity contribution is 0.426. The van der Waals surface area contributed by atoms with Gasteiger partial charge < -0.3 is 19.4 Å². The molecule has 0 fully saturated rings. The average Bonchev–Trinajstić information content (AvgIpc) is 2.83. The van der Waals surface area contributed by atoms with Crippen LogP contribution in [-0.4, -0.2) is 10.2 Å². The summed E-state index contributed by atoms with van der Waals surface area (Å²) in [5.74, 6) is 2.33. The van der Waals surface area contributed by atoms with Gasteiger partial charge >= 0.3 is 0 Å². The van der Waals surface area contributed by atoms with Crippen LogP contribution in [0, 0.1) is 0 Å². The molecule has 0 unspecified atom stereocenters. The summed E-state index contributed by atoms with van der Waals surface area (Å²) in [7, 11) is 0. The molecule has 0 amide bonds. The van der Waals surface area contributed by atoms with Crippen LogP contribution in [-0.2, 0) is 6.42 Å². The Morgan fingerprint density at radius 3 is 2.57 bits per heavy atom. The van der Waals surface area contributed by atoms with Gasteiger partial charge in [0, 0.05) is 22.6 Å². The summed E-state index contributed by atoms with van der Waals surface area (Å²) in [6, 6.07) is 10.3. The zero-order valence-electron chi connectivity index (χ0n) is 12.7. The van der Waals surface area contributed by atoms with Crippen molar-refractivity contribution in [3.05, 3.63) is 53.8 Å². The van der Waals surface area contributed by atoms with Crippen LogP contribution in [0.5, 0.6) is 17.2 Å². The van der Waals surface area contributed by atoms with Crippen molar-refractivity contribution in [1.29, 1.82) is 0 Å². The molecule has 4 rings (SSSR count). The molecule has 4 heteroatoms. The molecule has 0 saturated carbocycles. The summed E-state index contributed by atoms with van der Waals surface area (Å²) >= 11 is 0. The molecule has 0 bridgehead atoms. The molecule has 0 radical (unpaired) electrons. The van der Waals surface area contributed by atoms with Crippen molar-refractivity contribution < 1.29 is 19.4 Å². The first kappa shape index (κ1) is 13.8. The topological polar surface area (TPSA) is 62.8 Å². The van der Waals surface area contributed by atoms with Gasteiger partial charge in [-0.3, -0.25) is 0 Å². The first-order valence-electron chi connectivity index (χ1n) is 7.53. The predicted octanol–water partition coefficient (Wildman–Crippen LogP) is 4.74. The van der Waals surface area contributed by atoms with E-state index in [9.17, 15) is 10.2 Å². The van der Waals surface area contributed by atoms with E-state index in [4.69, 9.17) is 9.15 Å². The van der Waals surface area contributed by atoms with Gasteiger partial charge in [0.05, 0.1) is 5.76 Å². The highest BCUT2D eigenvalue weighted by molar-refractivity contribution is 5.87. The molecule has 2 heterocycles. The number of hydrogen-bond donors (Lipinski definition) is 2. The van der Waals surface area contributed by atoms with Crippen molar-refractivity contribution in [2.24, 2.45) is 0 Å². The number of allylic oxidation sites excluding steroid dienone is 2. The minimum atomic E-state index is 0.00226. The quantitative estimate of drug-likeness (QED) is 0.681. The van der Waals surface area contributed by atoms with E-state index in [0.717, 1.165) is 40.9 Å². The van der Waals surface area contributed by atoms with Crippen LogP contribution in [0.3, 0.4) is 0 Å². The number of ether oxygens (including phenoxy) is 1. The maximum absolute atomic E-state index is 9.66. The van der Waals surface area contributed by atoms with Crippen molar-refractivity contribution in [2.45, 2.75) is 19.8 Å². The van der Waals surface area contributed by atoms with Crippen LogP contribution < -0.4 is 4.74 Å². The number of furan rings is 1. The maximum atomic E-state index is 9.66. The Balaban J connectivity index is 1.87. The Morgan fingerprint density at radius 2 is 1.78 bits per heavy atom. The summed E-state index contributed by atoms with van der Waals surface area (Å²) < 4.78 is 11.9. The second kappa shape index (κ2) is 5.09. The molecule has 3 aromatic rings. The number of benzene rings is 2. The van der Waals surface area contributed by atoms with Gasteiger partial charge in [-0.1, -0.05) is 0 Å². The number of phenolic OH excluding ortho intramolecular Hbond substituents is 2. The highest BCUT2D eigenvalue weighted by Gasteiger charge is 2.17. The fraction of sp³-hybridized carbons (Fsp3) is 0.158. The molecule has 2 aromatic carbocycles. The maximum Gasteiger partial charge on any atom is 0.141 e. The van der Waals surface area contributed by atoms with E-state index >= 15 is 0 Å². The van der Waals surface area contributed by atoms with Gasteiger partial charge in [0.25, 0.3) is 0 Å². The molecule has 116 valence electrons. The second-order valence-corrected chi connectivity index (χ2v) is 5.76.